The van der Waals surface area contributed by atoms with E-state index in [0.29, 0.717) is 37.5 Å². The number of ketones is 2. The zero-order chi connectivity index (χ0) is 29.5. The number of aliphatic carboxylic acids is 1. The van der Waals surface area contributed by atoms with Crippen molar-refractivity contribution in [2.24, 2.45) is 34.3 Å². The van der Waals surface area contributed by atoms with E-state index < -0.39 is 72.5 Å². The summed E-state index contributed by atoms with van der Waals surface area (Å²) >= 11 is 0. The molecular formula is C29H40N2O9. The number of rotatable bonds is 10. The molecule has 0 spiro atoms. The molecule has 40 heavy (non-hydrogen) atoms. The summed E-state index contributed by atoms with van der Waals surface area (Å²) in [6.45, 7) is 3.64. The number of ether oxygens (including phenoxy) is 1. The normalized spacial score (nSPS) is 35.3. The van der Waals surface area contributed by atoms with Crippen LogP contribution in [0.1, 0.15) is 84.5 Å². The maximum atomic E-state index is 13.3. The highest BCUT2D eigenvalue weighted by molar-refractivity contribution is 5.92. The molecule has 0 unspecified atom stereocenters. The average molecular weight is 561 g/mol. The summed E-state index contributed by atoms with van der Waals surface area (Å²) in [6, 6.07) is -1.50. The third-order valence-electron chi connectivity index (χ3n) is 10.5. The smallest absolute Gasteiger partial charge is 0.326 e. The number of fused-ring (bicyclic) bond motifs is 5. The number of carbonyl (C=O) groups is 6. The van der Waals surface area contributed by atoms with Gasteiger partial charge in [-0.3, -0.25) is 24.0 Å². The number of aliphatic hydroxyl groups is 1. The number of Topliss-reactive ketones (excluding diaryl/α,β-unsaturated/α-hetero) is 1. The number of hydrogen-bond donors (Lipinski definition) is 4. The Morgan fingerprint density at radius 2 is 1.75 bits per heavy atom. The highest BCUT2D eigenvalue weighted by Crippen LogP contribution is 2.67. The minimum absolute atomic E-state index is 0.0188. The largest absolute Gasteiger partial charge is 0.480 e. The second kappa shape index (κ2) is 11.1. The zero-order valence-electron chi connectivity index (χ0n) is 23.2. The standard InChI is InChI=1S/C29H40N2O9/c1-27-10-7-17(32)13-16(27)3-4-18-19(27)8-11-28(2)20(18)9-12-29(28,39)22(33)15-40-25(36)6-5-24(35)31-21(26(37)38)14-23(30)34/h13,18-21,39H,3-12,14-15H2,1-2H3,(H2,30,34)(H,31,35)(H,37,38)/t18-,19-,20+,21-,27-,28-,29-/m0/s1. The van der Waals surface area contributed by atoms with Crippen LogP contribution in [-0.2, 0) is 33.5 Å². The van der Waals surface area contributed by atoms with Crippen molar-refractivity contribution in [2.75, 3.05) is 6.61 Å². The first-order valence-corrected chi connectivity index (χ1v) is 14.2. The van der Waals surface area contributed by atoms with Gasteiger partial charge in [-0.2, -0.15) is 0 Å². The second-order valence-corrected chi connectivity index (χ2v) is 12.5. The van der Waals surface area contributed by atoms with Crippen molar-refractivity contribution >= 4 is 35.3 Å². The van der Waals surface area contributed by atoms with Crippen LogP contribution < -0.4 is 11.1 Å². The van der Waals surface area contributed by atoms with Gasteiger partial charge in [-0.05, 0) is 74.2 Å². The molecule has 0 aromatic heterocycles. The van der Waals surface area contributed by atoms with E-state index in [1.54, 1.807) is 0 Å². The molecule has 0 bridgehead atoms. The average Bonchev–Trinajstić information content (AvgIpc) is 3.17. The summed E-state index contributed by atoms with van der Waals surface area (Å²) < 4.78 is 5.12. The maximum Gasteiger partial charge on any atom is 0.326 e. The van der Waals surface area contributed by atoms with E-state index >= 15 is 0 Å². The van der Waals surface area contributed by atoms with Gasteiger partial charge < -0.3 is 26.0 Å². The van der Waals surface area contributed by atoms with Crippen LogP contribution in [0.3, 0.4) is 0 Å². The van der Waals surface area contributed by atoms with Gasteiger partial charge in [0.2, 0.25) is 17.6 Å². The third kappa shape index (κ3) is 5.32. The lowest BCUT2D eigenvalue weighted by Gasteiger charge is -2.58. The van der Waals surface area contributed by atoms with Crippen molar-refractivity contribution in [3.05, 3.63) is 11.6 Å². The summed E-state index contributed by atoms with van der Waals surface area (Å²) in [4.78, 5) is 71.8. The molecule has 0 saturated heterocycles. The van der Waals surface area contributed by atoms with Crippen LogP contribution in [0.15, 0.2) is 11.6 Å². The minimum Gasteiger partial charge on any atom is -0.480 e. The highest BCUT2D eigenvalue weighted by Gasteiger charge is 2.66. The van der Waals surface area contributed by atoms with Gasteiger partial charge in [0.25, 0.3) is 0 Å². The third-order valence-corrected chi connectivity index (χ3v) is 10.5. The second-order valence-electron chi connectivity index (χ2n) is 12.5. The van der Waals surface area contributed by atoms with E-state index in [1.165, 1.54) is 5.57 Å². The van der Waals surface area contributed by atoms with Gasteiger partial charge >= 0.3 is 11.9 Å². The number of carboxylic acids is 1. The van der Waals surface area contributed by atoms with Gasteiger partial charge in [-0.15, -0.1) is 0 Å². The van der Waals surface area contributed by atoms with Gasteiger partial charge in [0, 0.05) is 18.3 Å². The molecule has 3 fully saturated rings. The number of amides is 2. The molecule has 7 atom stereocenters. The van der Waals surface area contributed by atoms with Crippen molar-refractivity contribution in [3.63, 3.8) is 0 Å². The van der Waals surface area contributed by atoms with Crippen LogP contribution >= 0.6 is 0 Å². The van der Waals surface area contributed by atoms with E-state index in [1.807, 2.05) is 13.0 Å². The lowest BCUT2D eigenvalue weighted by atomic mass is 9.46. The summed E-state index contributed by atoms with van der Waals surface area (Å²) in [7, 11) is 0. The molecule has 11 heteroatoms. The van der Waals surface area contributed by atoms with Crippen LogP contribution in [0.2, 0.25) is 0 Å². The monoisotopic (exact) mass is 560 g/mol. The molecule has 0 aromatic rings. The summed E-state index contributed by atoms with van der Waals surface area (Å²) in [5.74, 6) is -3.38. The lowest BCUT2D eigenvalue weighted by Crippen LogP contribution is -2.58. The molecule has 0 aliphatic heterocycles. The van der Waals surface area contributed by atoms with Crippen LogP contribution in [0, 0.1) is 28.6 Å². The van der Waals surface area contributed by atoms with E-state index in [4.69, 9.17) is 15.6 Å². The van der Waals surface area contributed by atoms with E-state index in [-0.39, 0.29) is 17.1 Å². The number of primary amides is 1. The highest BCUT2D eigenvalue weighted by atomic mass is 16.5. The van der Waals surface area contributed by atoms with Crippen LogP contribution in [0.5, 0.6) is 0 Å². The molecule has 4 aliphatic rings. The molecule has 0 aromatic carbocycles. The first-order valence-electron chi connectivity index (χ1n) is 14.2. The Morgan fingerprint density at radius 1 is 1.05 bits per heavy atom. The van der Waals surface area contributed by atoms with Crippen molar-refractivity contribution in [2.45, 2.75) is 96.1 Å². The zero-order valence-corrected chi connectivity index (χ0v) is 23.2. The van der Waals surface area contributed by atoms with Gasteiger partial charge in [0.1, 0.15) is 11.6 Å². The Balaban J connectivity index is 1.33. The number of carboxylic acid groups (broad SMARTS) is 1. The van der Waals surface area contributed by atoms with Crippen molar-refractivity contribution in [1.82, 2.24) is 5.32 Å². The van der Waals surface area contributed by atoms with Crippen molar-refractivity contribution < 1.29 is 43.7 Å². The summed E-state index contributed by atoms with van der Waals surface area (Å²) in [5, 5.41) is 22.9. The molecule has 220 valence electrons. The first kappa shape index (κ1) is 29.9. The first-order chi connectivity index (χ1) is 18.7. The van der Waals surface area contributed by atoms with Gasteiger partial charge in [0.15, 0.2) is 12.4 Å². The molecule has 5 N–H and O–H groups in total. The van der Waals surface area contributed by atoms with Gasteiger partial charge in [-0.1, -0.05) is 19.4 Å². The fourth-order valence-electron chi connectivity index (χ4n) is 8.25. The fourth-order valence-corrected chi connectivity index (χ4v) is 8.25. The Hall–Kier alpha value is -3.08. The Kier molecular flexibility index (Phi) is 8.27. The molecule has 4 rings (SSSR count). The Labute approximate surface area is 233 Å². The maximum absolute atomic E-state index is 13.3. The minimum atomic E-state index is -1.62. The predicted molar refractivity (Wildman–Crippen MR) is 140 cm³/mol. The number of hydrogen-bond acceptors (Lipinski definition) is 8. The molecule has 0 heterocycles. The Bertz CT molecular complexity index is 1150. The molecule has 0 radical (unpaired) electrons. The van der Waals surface area contributed by atoms with E-state index in [2.05, 4.69) is 12.2 Å². The van der Waals surface area contributed by atoms with Crippen LogP contribution in [0.4, 0.5) is 0 Å². The van der Waals surface area contributed by atoms with Crippen molar-refractivity contribution in [3.8, 4) is 0 Å². The van der Waals surface area contributed by atoms with Crippen molar-refractivity contribution in [1.29, 1.82) is 0 Å². The van der Waals surface area contributed by atoms with Crippen LogP contribution in [-0.4, -0.2) is 63.8 Å². The van der Waals surface area contributed by atoms with Gasteiger partial charge in [-0.25, -0.2) is 4.79 Å². The topological polar surface area (TPSA) is 190 Å². The quantitative estimate of drug-likeness (QED) is 0.287. The molecule has 11 nitrogen and oxygen atoms in total. The number of nitrogens with two attached hydrogens (primary N) is 1. The molecule has 2 amide bonds. The summed E-state index contributed by atoms with van der Waals surface area (Å²) in [6.07, 6.45) is 6.21. The van der Waals surface area contributed by atoms with Crippen LogP contribution in [0.25, 0.3) is 0 Å². The van der Waals surface area contributed by atoms with Gasteiger partial charge in [0.05, 0.1) is 12.8 Å². The number of nitrogens with one attached hydrogen (secondary N) is 1. The van der Waals surface area contributed by atoms with E-state index in [0.717, 1.165) is 25.7 Å². The number of esters is 1. The predicted octanol–water partition coefficient (Wildman–Crippen LogP) is 1.59. The number of carbonyl (C=O) groups excluding carboxylic acids is 5. The molecular weight excluding hydrogens is 520 g/mol. The lowest BCUT2D eigenvalue weighted by molar-refractivity contribution is -0.170. The fraction of sp³-hybridized carbons (Fsp3) is 0.724. The summed E-state index contributed by atoms with van der Waals surface area (Å²) in [5.41, 5.74) is 3.95. The Morgan fingerprint density at radius 3 is 2.42 bits per heavy atom. The van der Waals surface area contributed by atoms with E-state index in [9.17, 15) is 33.9 Å². The number of allylic oxidation sites excluding steroid dienone is 1. The molecule has 3 saturated carbocycles. The molecule has 4 aliphatic carbocycles. The SMILES string of the molecule is C[C@]12CCC(=O)C=C1CC[C@@H]1[C@H]3CC[C@](O)(C(=O)COC(=O)CCC(=O)N[C@@H](CC(N)=O)C(=O)O)[C@@]3(C)CC[C@@H]12.